The van der Waals surface area contributed by atoms with Crippen molar-refractivity contribution in [3.8, 4) is 5.75 Å². The third-order valence-electron chi connectivity index (χ3n) is 3.69. The van der Waals surface area contributed by atoms with E-state index >= 15 is 0 Å². The normalized spacial score (nSPS) is 10.6. The minimum Gasteiger partial charge on any atom is -0.421 e. The van der Waals surface area contributed by atoms with Crippen LogP contribution < -0.4 is 16.0 Å². The molecule has 7 heteroatoms. The van der Waals surface area contributed by atoms with Gasteiger partial charge in [-0.2, -0.15) is 0 Å². The summed E-state index contributed by atoms with van der Waals surface area (Å²) in [5, 5.41) is 1.41. The highest BCUT2D eigenvalue weighted by Gasteiger charge is 2.19. The van der Waals surface area contributed by atoms with Gasteiger partial charge in [0.05, 0.1) is 5.56 Å². The molecule has 0 spiro atoms. The molecule has 1 heterocycles. The molecule has 1 amide bonds. The second-order valence-electron chi connectivity index (χ2n) is 5.17. The Balaban J connectivity index is 1.97. The van der Waals surface area contributed by atoms with E-state index in [2.05, 4.69) is 4.98 Å². The van der Waals surface area contributed by atoms with Crippen LogP contribution in [0.2, 0.25) is 5.02 Å². The van der Waals surface area contributed by atoms with Crippen LogP contribution in [0.15, 0.2) is 42.5 Å². The Morgan fingerprint density at radius 2 is 1.96 bits per heavy atom. The third kappa shape index (κ3) is 2.84. The van der Waals surface area contributed by atoms with Gasteiger partial charge in [0.15, 0.2) is 0 Å². The van der Waals surface area contributed by atoms with E-state index in [1.165, 1.54) is 12.1 Å². The fourth-order valence-electron chi connectivity index (χ4n) is 2.47. The molecule has 0 aliphatic carbocycles. The van der Waals surface area contributed by atoms with Crippen LogP contribution >= 0.6 is 11.6 Å². The van der Waals surface area contributed by atoms with Gasteiger partial charge in [0.2, 0.25) is 0 Å². The zero-order valence-electron chi connectivity index (χ0n) is 12.7. The number of aryl methyl sites for hydroxylation is 1. The molecule has 0 atom stereocenters. The van der Waals surface area contributed by atoms with Crippen LogP contribution in [0.4, 0.5) is 0 Å². The Bertz CT molecular complexity index is 949. The molecular formula is C17H14ClN3O3. The number of para-hydroxylation sites is 1. The van der Waals surface area contributed by atoms with Crippen LogP contribution in [0.1, 0.15) is 26.4 Å². The first-order valence-electron chi connectivity index (χ1n) is 7.11. The molecular weight excluding hydrogens is 330 g/mol. The molecule has 3 aromatic rings. The number of carbonyl (C=O) groups excluding carboxylic acids is 2. The number of H-pyrrole nitrogens is 1. The zero-order valence-corrected chi connectivity index (χ0v) is 13.5. The van der Waals surface area contributed by atoms with E-state index in [9.17, 15) is 9.59 Å². The molecule has 0 bridgehead atoms. The first-order chi connectivity index (χ1) is 11.5. The fourth-order valence-corrected chi connectivity index (χ4v) is 2.65. The minimum atomic E-state index is -0.600. The number of benzene rings is 2. The maximum atomic E-state index is 12.5. The Morgan fingerprint density at radius 1 is 1.21 bits per heavy atom. The van der Waals surface area contributed by atoms with Crippen molar-refractivity contribution in [3.05, 3.63) is 64.3 Å². The van der Waals surface area contributed by atoms with Crippen LogP contribution in [0.25, 0.3) is 10.9 Å². The van der Waals surface area contributed by atoms with Gasteiger partial charge in [0.25, 0.3) is 5.91 Å². The summed E-state index contributed by atoms with van der Waals surface area (Å²) in [6, 6.07) is 11.6. The van der Waals surface area contributed by atoms with E-state index < -0.39 is 11.9 Å². The predicted molar refractivity (Wildman–Crippen MR) is 91.1 cm³/mol. The largest absolute Gasteiger partial charge is 0.421 e. The molecule has 0 fully saturated rings. The lowest BCUT2D eigenvalue weighted by Gasteiger charge is -2.08. The SMILES string of the molecule is Cc1c(C(=O)Oc2ccccc2C(=O)NN)[nH]c2ccc(Cl)cc12. The van der Waals surface area contributed by atoms with Gasteiger partial charge in [-0.25, -0.2) is 10.6 Å². The molecule has 24 heavy (non-hydrogen) atoms. The highest BCUT2D eigenvalue weighted by atomic mass is 35.5. The topological polar surface area (TPSA) is 97.2 Å². The van der Waals surface area contributed by atoms with Crippen molar-refractivity contribution in [3.63, 3.8) is 0 Å². The van der Waals surface area contributed by atoms with Gasteiger partial charge in [-0.1, -0.05) is 23.7 Å². The van der Waals surface area contributed by atoms with E-state index in [0.29, 0.717) is 10.7 Å². The zero-order chi connectivity index (χ0) is 17.3. The standard InChI is InChI=1S/C17H14ClN3O3/c1-9-12-8-10(18)6-7-13(12)20-15(9)17(23)24-14-5-3-2-4-11(14)16(22)21-19/h2-8,20H,19H2,1H3,(H,21,22). The first kappa shape index (κ1) is 16.0. The number of esters is 1. The van der Waals surface area contributed by atoms with Crippen molar-refractivity contribution in [2.24, 2.45) is 5.84 Å². The van der Waals surface area contributed by atoms with E-state index in [0.717, 1.165) is 16.5 Å². The minimum absolute atomic E-state index is 0.126. The van der Waals surface area contributed by atoms with Crippen molar-refractivity contribution in [2.75, 3.05) is 0 Å². The number of aromatic nitrogens is 1. The van der Waals surface area contributed by atoms with Crippen LogP contribution in [-0.2, 0) is 0 Å². The molecule has 0 unspecified atom stereocenters. The van der Waals surface area contributed by atoms with Crippen molar-refractivity contribution < 1.29 is 14.3 Å². The van der Waals surface area contributed by atoms with Gasteiger partial charge in [-0.05, 0) is 42.8 Å². The second kappa shape index (κ2) is 6.35. The van der Waals surface area contributed by atoms with Gasteiger partial charge in [0, 0.05) is 15.9 Å². The molecule has 122 valence electrons. The molecule has 6 nitrogen and oxygen atoms in total. The Labute approximate surface area is 142 Å². The number of nitrogen functional groups attached to an aromatic ring is 1. The molecule has 0 aliphatic rings. The summed E-state index contributed by atoms with van der Waals surface area (Å²) in [6.45, 7) is 1.80. The summed E-state index contributed by atoms with van der Waals surface area (Å²) in [4.78, 5) is 27.3. The van der Waals surface area contributed by atoms with Crippen LogP contribution in [-0.4, -0.2) is 16.9 Å². The second-order valence-corrected chi connectivity index (χ2v) is 5.61. The number of fused-ring (bicyclic) bond motifs is 1. The van der Waals surface area contributed by atoms with Crippen LogP contribution in [0.3, 0.4) is 0 Å². The molecule has 0 saturated carbocycles. The highest BCUT2D eigenvalue weighted by molar-refractivity contribution is 6.31. The molecule has 4 N–H and O–H groups in total. The molecule has 0 radical (unpaired) electrons. The van der Waals surface area contributed by atoms with Crippen molar-refractivity contribution >= 4 is 34.4 Å². The van der Waals surface area contributed by atoms with Crippen LogP contribution in [0, 0.1) is 6.92 Å². The quantitative estimate of drug-likeness (QED) is 0.224. The Kier molecular flexibility index (Phi) is 4.24. The molecule has 0 aliphatic heterocycles. The fraction of sp³-hybridized carbons (Fsp3) is 0.0588. The Morgan fingerprint density at radius 3 is 2.71 bits per heavy atom. The monoisotopic (exact) mass is 343 g/mol. The third-order valence-corrected chi connectivity index (χ3v) is 3.92. The first-order valence-corrected chi connectivity index (χ1v) is 7.49. The van der Waals surface area contributed by atoms with Gasteiger partial charge in [-0.15, -0.1) is 0 Å². The number of hydrogen-bond donors (Lipinski definition) is 3. The van der Waals surface area contributed by atoms with Gasteiger partial charge < -0.3 is 9.72 Å². The smallest absolute Gasteiger partial charge is 0.360 e. The maximum Gasteiger partial charge on any atom is 0.360 e. The number of aromatic amines is 1. The number of rotatable bonds is 3. The number of halogens is 1. The number of amides is 1. The number of nitrogens with two attached hydrogens (primary N) is 1. The summed E-state index contributed by atoms with van der Waals surface area (Å²) in [5.41, 5.74) is 3.99. The molecule has 1 aromatic heterocycles. The van der Waals surface area contributed by atoms with E-state index in [1.54, 1.807) is 37.3 Å². The summed E-state index contributed by atoms with van der Waals surface area (Å²) >= 11 is 5.99. The van der Waals surface area contributed by atoms with E-state index in [4.69, 9.17) is 22.2 Å². The number of hydrogen-bond acceptors (Lipinski definition) is 4. The van der Waals surface area contributed by atoms with E-state index in [-0.39, 0.29) is 11.3 Å². The molecule has 3 rings (SSSR count). The van der Waals surface area contributed by atoms with Crippen LogP contribution in [0.5, 0.6) is 5.75 Å². The highest BCUT2D eigenvalue weighted by Crippen LogP contribution is 2.26. The summed E-state index contributed by atoms with van der Waals surface area (Å²) in [5.74, 6) is 4.13. The lowest BCUT2D eigenvalue weighted by molar-refractivity contribution is 0.0726. The average Bonchev–Trinajstić information content (AvgIpc) is 2.91. The molecule has 0 saturated heterocycles. The summed E-state index contributed by atoms with van der Waals surface area (Å²) in [7, 11) is 0. The number of carbonyl (C=O) groups is 2. The lowest BCUT2D eigenvalue weighted by atomic mass is 10.1. The van der Waals surface area contributed by atoms with Crippen molar-refractivity contribution in [1.82, 2.24) is 10.4 Å². The Hall–Kier alpha value is -2.83. The number of hydrazine groups is 1. The van der Waals surface area contributed by atoms with Crippen molar-refractivity contribution in [1.29, 1.82) is 0 Å². The van der Waals surface area contributed by atoms with E-state index in [1.807, 2.05) is 5.43 Å². The summed E-state index contributed by atoms with van der Waals surface area (Å²) < 4.78 is 5.38. The predicted octanol–water partition coefficient (Wildman–Crippen LogP) is 2.95. The molecule has 2 aromatic carbocycles. The van der Waals surface area contributed by atoms with Gasteiger partial charge in [-0.3, -0.25) is 10.2 Å². The maximum absolute atomic E-state index is 12.5. The van der Waals surface area contributed by atoms with Gasteiger partial charge >= 0.3 is 5.97 Å². The summed E-state index contributed by atoms with van der Waals surface area (Å²) in [6.07, 6.45) is 0. The van der Waals surface area contributed by atoms with Crippen molar-refractivity contribution in [2.45, 2.75) is 6.92 Å². The number of nitrogens with one attached hydrogen (secondary N) is 2. The van der Waals surface area contributed by atoms with Gasteiger partial charge in [0.1, 0.15) is 11.4 Å². The number of ether oxygens (including phenoxy) is 1. The average molecular weight is 344 g/mol. The lowest BCUT2D eigenvalue weighted by Crippen LogP contribution is -2.30.